The number of rotatable bonds is 8. The van der Waals surface area contributed by atoms with Gasteiger partial charge in [0.05, 0.1) is 22.3 Å². The summed E-state index contributed by atoms with van der Waals surface area (Å²) in [6.45, 7) is 4.77. The third kappa shape index (κ3) is 5.25. The largest absolute Gasteiger partial charge is 0.299 e. The molecule has 5 rings (SSSR count). The van der Waals surface area contributed by atoms with E-state index in [0.717, 1.165) is 60.5 Å². The zero-order valence-corrected chi connectivity index (χ0v) is 22.2. The number of benzene rings is 2. The van der Waals surface area contributed by atoms with Crippen molar-refractivity contribution < 1.29 is 4.21 Å². The van der Waals surface area contributed by atoms with Gasteiger partial charge in [-0.25, -0.2) is 13.2 Å². The van der Waals surface area contributed by atoms with E-state index in [9.17, 15) is 4.21 Å². The SMILES string of the molecule is C=S(=O)(c1ccc(C(c2nnnn2Cc2ccccc2)N2CCCN(C3CCC3)CC2)cc1)N(C)C. The maximum Gasteiger partial charge on any atom is 0.173 e. The molecule has 2 aliphatic rings. The first-order valence-electron chi connectivity index (χ1n) is 12.9. The normalized spacial score (nSPS) is 20.5. The van der Waals surface area contributed by atoms with Gasteiger partial charge in [0.1, 0.15) is 0 Å². The molecule has 0 N–H and O–H groups in total. The summed E-state index contributed by atoms with van der Waals surface area (Å²) in [6.07, 6.45) is 5.14. The molecule has 1 aliphatic heterocycles. The Hall–Kier alpha value is -2.59. The Morgan fingerprint density at radius 3 is 2.42 bits per heavy atom. The lowest BCUT2D eigenvalue weighted by atomic mass is 9.91. The molecule has 0 bridgehead atoms. The van der Waals surface area contributed by atoms with Gasteiger partial charge in [-0.2, -0.15) is 0 Å². The highest BCUT2D eigenvalue weighted by Gasteiger charge is 2.32. The zero-order valence-electron chi connectivity index (χ0n) is 21.4. The first kappa shape index (κ1) is 25.1. The fourth-order valence-electron chi connectivity index (χ4n) is 5.21. The molecule has 1 aliphatic carbocycles. The molecule has 2 atom stereocenters. The number of tetrazole rings is 1. The molecule has 1 aromatic heterocycles. The lowest BCUT2D eigenvalue weighted by Gasteiger charge is -2.37. The van der Waals surface area contributed by atoms with Crippen molar-refractivity contribution in [1.82, 2.24) is 34.3 Å². The molecule has 192 valence electrons. The molecule has 8 nitrogen and oxygen atoms in total. The minimum Gasteiger partial charge on any atom is -0.299 e. The maximum atomic E-state index is 13.1. The zero-order chi connectivity index (χ0) is 25.1. The van der Waals surface area contributed by atoms with Crippen LogP contribution in [0.3, 0.4) is 0 Å². The van der Waals surface area contributed by atoms with E-state index >= 15 is 0 Å². The van der Waals surface area contributed by atoms with E-state index in [1.54, 1.807) is 18.4 Å². The minimum absolute atomic E-state index is 0.0840. The Bertz CT molecular complexity index is 1240. The van der Waals surface area contributed by atoms with Crippen LogP contribution in [0.2, 0.25) is 0 Å². The molecule has 0 radical (unpaired) electrons. The number of aromatic nitrogens is 4. The summed E-state index contributed by atoms with van der Waals surface area (Å²) in [4.78, 5) is 5.92. The molecule has 0 spiro atoms. The highest BCUT2D eigenvalue weighted by molar-refractivity contribution is 7.98. The molecular weight excluding hydrogens is 470 g/mol. The molecule has 2 heterocycles. The van der Waals surface area contributed by atoms with Crippen LogP contribution in [0.15, 0.2) is 59.5 Å². The van der Waals surface area contributed by atoms with Crippen LogP contribution < -0.4 is 0 Å². The highest BCUT2D eigenvalue weighted by atomic mass is 32.2. The monoisotopic (exact) mass is 507 g/mol. The summed E-state index contributed by atoms with van der Waals surface area (Å²) in [6, 6.07) is 19.0. The van der Waals surface area contributed by atoms with Crippen LogP contribution in [0.1, 0.15) is 48.7 Å². The van der Waals surface area contributed by atoms with Gasteiger partial charge in [0.15, 0.2) is 5.82 Å². The third-order valence-corrected chi connectivity index (χ3v) is 9.84. The summed E-state index contributed by atoms with van der Waals surface area (Å²) in [7, 11) is 1.10. The average Bonchev–Trinajstić information content (AvgIpc) is 3.16. The Morgan fingerprint density at radius 1 is 1.00 bits per heavy atom. The van der Waals surface area contributed by atoms with Crippen molar-refractivity contribution in [2.24, 2.45) is 0 Å². The summed E-state index contributed by atoms with van der Waals surface area (Å²) >= 11 is 0. The Morgan fingerprint density at radius 2 is 1.75 bits per heavy atom. The van der Waals surface area contributed by atoms with Gasteiger partial charge in [-0.15, -0.1) is 5.10 Å². The lowest BCUT2D eigenvalue weighted by Crippen LogP contribution is -2.42. The van der Waals surface area contributed by atoms with E-state index in [1.165, 1.54) is 19.3 Å². The van der Waals surface area contributed by atoms with Crippen LogP contribution in [-0.2, 0) is 16.3 Å². The van der Waals surface area contributed by atoms with Crippen LogP contribution in [0, 0.1) is 0 Å². The second-order valence-corrected chi connectivity index (χ2v) is 12.6. The van der Waals surface area contributed by atoms with Crippen LogP contribution >= 0.6 is 0 Å². The molecule has 0 amide bonds. The van der Waals surface area contributed by atoms with Crippen LogP contribution in [0.5, 0.6) is 0 Å². The summed E-state index contributed by atoms with van der Waals surface area (Å²) < 4.78 is 16.7. The fourth-order valence-corrected chi connectivity index (χ4v) is 6.19. The molecule has 9 heteroatoms. The van der Waals surface area contributed by atoms with Crippen molar-refractivity contribution in [3.63, 3.8) is 0 Å². The second kappa shape index (κ2) is 10.8. The standard InChI is InChI=1S/C27H37N7OS/c1-31(2)36(3,35)25-15-13-23(14-16-25)26(33-18-8-17-32(19-20-33)24-11-7-12-24)27-28-29-30-34(27)21-22-9-5-4-6-10-22/h4-6,9-10,13-16,24,26H,3,7-8,11-12,17-21H2,1-2H3. The predicted octanol–water partition coefficient (Wildman–Crippen LogP) is 2.92. The molecule has 2 fully saturated rings. The van der Waals surface area contributed by atoms with Gasteiger partial charge in [0, 0.05) is 30.6 Å². The summed E-state index contributed by atoms with van der Waals surface area (Å²) in [5.74, 6) is 4.81. The van der Waals surface area contributed by atoms with Crippen molar-refractivity contribution in [2.45, 2.75) is 49.2 Å². The van der Waals surface area contributed by atoms with Crippen molar-refractivity contribution >= 4 is 15.6 Å². The fraction of sp³-hybridized carbons (Fsp3) is 0.481. The maximum absolute atomic E-state index is 13.1. The first-order valence-corrected chi connectivity index (χ1v) is 14.5. The van der Waals surface area contributed by atoms with E-state index in [1.807, 2.05) is 35.0 Å². The second-order valence-electron chi connectivity index (χ2n) is 10.1. The third-order valence-electron chi connectivity index (χ3n) is 7.65. The van der Waals surface area contributed by atoms with Gasteiger partial charge < -0.3 is 0 Å². The summed E-state index contributed by atoms with van der Waals surface area (Å²) in [5.41, 5.74) is 2.27. The van der Waals surface area contributed by atoms with E-state index in [0.29, 0.717) is 6.54 Å². The van der Waals surface area contributed by atoms with Crippen LogP contribution in [-0.4, -0.2) is 90.7 Å². The topological polar surface area (TPSA) is 70.4 Å². The van der Waals surface area contributed by atoms with Crippen LogP contribution in [0.25, 0.3) is 0 Å². The Balaban J connectivity index is 1.47. The molecule has 2 aromatic carbocycles. The van der Waals surface area contributed by atoms with E-state index in [4.69, 9.17) is 0 Å². The number of nitrogens with zero attached hydrogens (tertiary/aromatic N) is 7. The van der Waals surface area contributed by atoms with Gasteiger partial charge in [0.25, 0.3) is 0 Å². The minimum atomic E-state index is -2.50. The smallest absolute Gasteiger partial charge is 0.173 e. The quantitative estimate of drug-likeness (QED) is 0.437. The average molecular weight is 508 g/mol. The highest BCUT2D eigenvalue weighted by Crippen LogP contribution is 2.31. The van der Waals surface area contributed by atoms with Crippen molar-refractivity contribution in [3.05, 3.63) is 71.5 Å². The van der Waals surface area contributed by atoms with Gasteiger partial charge in [-0.1, -0.05) is 48.9 Å². The van der Waals surface area contributed by atoms with Crippen molar-refractivity contribution in [2.75, 3.05) is 40.3 Å². The van der Waals surface area contributed by atoms with Gasteiger partial charge in [-0.05, 0) is 79.5 Å². The van der Waals surface area contributed by atoms with Crippen LogP contribution in [0.4, 0.5) is 0 Å². The van der Waals surface area contributed by atoms with Gasteiger partial charge in [-0.3, -0.25) is 9.80 Å². The van der Waals surface area contributed by atoms with Gasteiger partial charge in [0.2, 0.25) is 0 Å². The molecule has 2 unspecified atom stereocenters. The number of hydrogen-bond donors (Lipinski definition) is 0. The molecule has 3 aromatic rings. The predicted molar refractivity (Wildman–Crippen MR) is 144 cm³/mol. The molecule has 36 heavy (non-hydrogen) atoms. The molecule has 1 saturated heterocycles. The number of hydrogen-bond acceptors (Lipinski definition) is 6. The van der Waals surface area contributed by atoms with E-state index < -0.39 is 9.71 Å². The molecule has 1 saturated carbocycles. The van der Waals surface area contributed by atoms with Gasteiger partial charge >= 0.3 is 0 Å². The van der Waals surface area contributed by atoms with Crippen molar-refractivity contribution in [3.8, 4) is 0 Å². The Labute approximate surface area is 215 Å². The van der Waals surface area contributed by atoms with E-state index in [-0.39, 0.29) is 6.04 Å². The molecular formula is C27H37N7OS. The van der Waals surface area contributed by atoms with E-state index in [2.05, 4.69) is 55.5 Å². The van der Waals surface area contributed by atoms with Crippen molar-refractivity contribution in [1.29, 1.82) is 0 Å². The summed E-state index contributed by atoms with van der Waals surface area (Å²) in [5, 5.41) is 13.0. The Kier molecular flexibility index (Phi) is 7.52. The lowest BCUT2D eigenvalue weighted by molar-refractivity contribution is 0.127. The first-order chi connectivity index (χ1) is 17.4.